The van der Waals surface area contributed by atoms with E-state index in [1.54, 1.807) is 12.1 Å². The molecule has 0 aliphatic rings. The fraction of sp³-hybridized carbons (Fsp3) is 0.211. The second-order valence-corrected chi connectivity index (χ2v) is 5.93. The van der Waals surface area contributed by atoms with Gasteiger partial charge in [0, 0.05) is 6.54 Å². The third-order valence-corrected chi connectivity index (χ3v) is 3.91. The number of hydrogen-bond donors (Lipinski definition) is 2. The SMILES string of the molecule is Cc1ccc(-c2cc(C(=O)NCC(C)c3ccccc3)nc(N)n2)o1. The maximum Gasteiger partial charge on any atom is 0.270 e. The van der Waals surface area contributed by atoms with Gasteiger partial charge in [0.25, 0.3) is 5.91 Å². The van der Waals surface area contributed by atoms with E-state index in [0.717, 1.165) is 11.3 Å². The minimum Gasteiger partial charge on any atom is -0.460 e. The topological polar surface area (TPSA) is 94.0 Å². The van der Waals surface area contributed by atoms with Gasteiger partial charge >= 0.3 is 0 Å². The number of benzene rings is 1. The standard InChI is InChI=1S/C19H20N4O2/c1-12(14-6-4-3-5-7-14)11-21-18(24)16-10-15(22-19(20)23-16)17-9-8-13(2)25-17/h3-10,12H,11H2,1-2H3,(H,21,24)(H2,20,22,23). The van der Waals surface area contributed by atoms with Crippen LogP contribution in [0.5, 0.6) is 0 Å². The van der Waals surface area contributed by atoms with Crippen molar-refractivity contribution in [3.05, 3.63) is 65.5 Å². The number of hydrogen-bond acceptors (Lipinski definition) is 5. The number of rotatable bonds is 5. The lowest BCUT2D eigenvalue weighted by Crippen LogP contribution is -2.28. The lowest BCUT2D eigenvalue weighted by Gasteiger charge is -2.13. The highest BCUT2D eigenvalue weighted by Crippen LogP contribution is 2.21. The van der Waals surface area contributed by atoms with E-state index in [1.807, 2.05) is 43.3 Å². The number of carbonyl (C=O) groups excluding carboxylic acids is 1. The molecule has 3 rings (SSSR count). The number of furan rings is 1. The third-order valence-electron chi connectivity index (χ3n) is 3.91. The van der Waals surface area contributed by atoms with Gasteiger partial charge < -0.3 is 15.5 Å². The van der Waals surface area contributed by atoms with Crippen LogP contribution in [0.1, 0.15) is 34.7 Å². The van der Waals surface area contributed by atoms with Crippen LogP contribution in [0, 0.1) is 6.92 Å². The van der Waals surface area contributed by atoms with E-state index < -0.39 is 0 Å². The summed E-state index contributed by atoms with van der Waals surface area (Å²) in [7, 11) is 0. The van der Waals surface area contributed by atoms with Gasteiger partial charge in [-0.3, -0.25) is 4.79 Å². The molecule has 2 aromatic heterocycles. The first kappa shape index (κ1) is 16.7. The Morgan fingerprint density at radius 2 is 1.96 bits per heavy atom. The van der Waals surface area contributed by atoms with E-state index in [2.05, 4.69) is 22.2 Å². The molecule has 1 amide bonds. The first-order valence-corrected chi connectivity index (χ1v) is 8.07. The summed E-state index contributed by atoms with van der Waals surface area (Å²) in [4.78, 5) is 20.6. The molecular weight excluding hydrogens is 316 g/mol. The van der Waals surface area contributed by atoms with Crippen molar-refractivity contribution in [2.75, 3.05) is 12.3 Å². The quantitative estimate of drug-likeness (QED) is 0.746. The molecule has 0 saturated heterocycles. The number of anilines is 1. The van der Waals surface area contributed by atoms with Gasteiger partial charge in [-0.05, 0) is 36.6 Å². The summed E-state index contributed by atoms with van der Waals surface area (Å²) in [5.74, 6) is 1.25. The molecule has 0 radical (unpaired) electrons. The van der Waals surface area contributed by atoms with Gasteiger partial charge in [-0.2, -0.15) is 0 Å². The average Bonchev–Trinajstić information content (AvgIpc) is 3.06. The van der Waals surface area contributed by atoms with Crippen molar-refractivity contribution in [3.63, 3.8) is 0 Å². The van der Waals surface area contributed by atoms with Crippen molar-refractivity contribution >= 4 is 11.9 Å². The summed E-state index contributed by atoms with van der Waals surface area (Å²) in [5.41, 5.74) is 7.62. The summed E-state index contributed by atoms with van der Waals surface area (Å²) in [6.07, 6.45) is 0. The third kappa shape index (κ3) is 4.03. The largest absolute Gasteiger partial charge is 0.460 e. The van der Waals surface area contributed by atoms with Gasteiger partial charge in [0.05, 0.1) is 0 Å². The maximum atomic E-state index is 12.4. The zero-order chi connectivity index (χ0) is 17.8. The first-order chi connectivity index (χ1) is 12.0. The van der Waals surface area contributed by atoms with Crippen LogP contribution >= 0.6 is 0 Å². The number of nitrogen functional groups attached to an aromatic ring is 1. The van der Waals surface area contributed by atoms with Crippen molar-refractivity contribution in [3.8, 4) is 11.5 Å². The van der Waals surface area contributed by atoms with E-state index in [9.17, 15) is 4.79 Å². The number of aryl methyl sites for hydroxylation is 1. The van der Waals surface area contributed by atoms with E-state index in [1.165, 1.54) is 0 Å². The Morgan fingerprint density at radius 1 is 1.20 bits per heavy atom. The molecule has 1 unspecified atom stereocenters. The molecule has 0 fully saturated rings. The highest BCUT2D eigenvalue weighted by molar-refractivity contribution is 5.93. The fourth-order valence-electron chi connectivity index (χ4n) is 2.52. The zero-order valence-electron chi connectivity index (χ0n) is 14.2. The van der Waals surface area contributed by atoms with Crippen LogP contribution in [-0.4, -0.2) is 22.4 Å². The highest BCUT2D eigenvalue weighted by Gasteiger charge is 2.15. The van der Waals surface area contributed by atoms with Gasteiger partial charge in [-0.25, -0.2) is 9.97 Å². The monoisotopic (exact) mass is 336 g/mol. The molecule has 6 heteroatoms. The minimum absolute atomic E-state index is 0.0350. The van der Waals surface area contributed by atoms with Crippen molar-refractivity contribution in [1.29, 1.82) is 0 Å². The van der Waals surface area contributed by atoms with Crippen molar-refractivity contribution in [2.45, 2.75) is 19.8 Å². The van der Waals surface area contributed by atoms with Gasteiger partial charge in [-0.15, -0.1) is 0 Å². The predicted octanol–water partition coefficient (Wildman–Crippen LogP) is 3.16. The van der Waals surface area contributed by atoms with E-state index in [0.29, 0.717) is 18.0 Å². The number of carbonyl (C=O) groups is 1. The normalized spacial score (nSPS) is 11.9. The van der Waals surface area contributed by atoms with E-state index in [-0.39, 0.29) is 23.5 Å². The Hall–Kier alpha value is -3.15. The molecule has 3 aromatic rings. The van der Waals surface area contributed by atoms with Crippen LogP contribution in [0.4, 0.5) is 5.95 Å². The molecule has 0 saturated carbocycles. The number of nitrogens with zero attached hydrogens (tertiary/aromatic N) is 2. The minimum atomic E-state index is -0.290. The Bertz CT molecular complexity index is 874. The lowest BCUT2D eigenvalue weighted by molar-refractivity contribution is 0.0946. The molecule has 6 nitrogen and oxygen atoms in total. The summed E-state index contributed by atoms with van der Waals surface area (Å²) < 4.78 is 5.54. The predicted molar refractivity (Wildman–Crippen MR) is 96.1 cm³/mol. The molecule has 3 N–H and O–H groups in total. The molecule has 1 aromatic carbocycles. The second kappa shape index (κ2) is 7.17. The molecule has 0 aliphatic carbocycles. The lowest BCUT2D eigenvalue weighted by atomic mass is 10.0. The summed E-state index contributed by atoms with van der Waals surface area (Å²) in [6, 6.07) is 15.2. The fourth-order valence-corrected chi connectivity index (χ4v) is 2.52. The first-order valence-electron chi connectivity index (χ1n) is 8.07. The average molecular weight is 336 g/mol. The van der Waals surface area contributed by atoms with Gasteiger partial charge in [-0.1, -0.05) is 37.3 Å². The van der Waals surface area contributed by atoms with Gasteiger partial charge in [0.15, 0.2) is 5.76 Å². The van der Waals surface area contributed by atoms with Crippen LogP contribution in [0.15, 0.2) is 52.9 Å². The second-order valence-electron chi connectivity index (χ2n) is 5.93. The van der Waals surface area contributed by atoms with Crippen LogP contribution in [0.3, 0.4) is 0 Å². The molecule has 0 spiro atoms. The number of amides is 1. The van der Waals surface area contributed by atoms with Crippen LogP contribution < -0.4 is 11.1 Å². The summed E-state index contributed by atoms with van der Waals surface area (Å²) in [6.45, 7) is 4.40. The van der Waals surface area contributed by atoms with Gasteiger partial charge in [0.1, 0.15) is 17.1 Å². The van der Waals surface area contributed by atoms with Crippen LogP contribution in [0.25, 0.3) is 11.5 Å². The Balaban J connectivity index is 1.73. The molecule has 2 heterocycles. The summed E-state index contributed by atoms with van der Waals surface area (Å²) in [5, 5.41) is 2.89. The smallest absolute Gasteiger partial charge is 0.270 e. The van der Waals surface area contributed by atoms with Crippen LogP contribution in [-0.2, 0) is 0 Å². The molecule has 0 bridgehead atoms. The Morgan fingerprint density at radius 3 is 2.64 bits per heavy atom. The zero-order valence-corrected chi connectivity index (χ0v) is 14.2. The Kier molecular flexibility index (Phi) is 4.79. The molecular formula is C19H20N4O2. The molecule has 128 valence electrons. The van der Waals surface area contributed by atoms with E-state index in [4.69, 9.17) is 10.2 Å². The highest BCUT2D eigenvalue weighted by atomic mass is 16.3. The summed E-state index contributed by atoms with van der Waals surface area (Å²) >= 11 is 0. The number of nitrogens with two attached hydrogens (primary N) is 1. The van der Waals surface area contributed by atoms with Gasteiger partial charge in [0.2, 0.25) is 5.95 Å². The van der Waals surface area contributed by atoms with Crippen molar-refractivity contribution in [1.82, 2.24) is 15.3 Å². The van der Waals surface area contributed by atoms with Crippen molar-refractivity contribution in [2.24, 2.45) is 0 Å². The maximum absolute atomic E-state index is 12.4. The molecule has 1 atom stereocenters. The van der Waals surface area contributed by atoms with Crippen molar-refractivity contribution < 1.29 is 9.21 Å². The van der Waals surface area contributed by atoms with Crippen LogP contribution in [0.2, 0.25) is 0 Å². The van der Waals surface area contributed by atoms with E-state index >= 15 is 0 Å². The molecule has 25 heavy (non-hydrogen) atoms. The number of aromatic nitrogens is 2. The Labute approximate surface area is 146 Å². The molecule has 0 aliphatic heterocycles. The number of nitrogens with one attached hydrogen (secondary N) is 1.